The Labute approximate surface area is 118 Å². The van der Waals surface area contributed by atoms with Crippen LogP contribution in [0.1, 0.15) is 38.1 Å². The second-order valence-corrected chi connectivity index (χ2v) is 5.57. The Morgan fingerprint density at radius 2 is 1.80 bits per heavy atom. The standard InChI is InChI=1S/C15H21NO4/c1-5-20-11-8-6-10(7-9-11)13(17)16-12(14(18)19)15(2,3)4/h6-9,12H,5H2,1-4H3,(H,16,17)(H,18,19)/t12-/m1/s1. The van der Waals surface area contributed by atoms with Crippen LogP contribution < -0.4 is 10.1 Å². The van der Waals surface area contributed by atoms with E-state index >= 15 is 0 Å². The topological polar surface area (TPSA) is 75.6 Å². The molecule has 5 heteroatoms. The highest BCUT2D eigenvalue weighted by Crippen LogP contribution is 2.20. The number of carbonyl (C=O) groups excluding carboxylic acids is 1. The van der Waals surface area contributed by atoms with Crippen LogP contribution in [0, 0.1) is 5.41 Å². The summed E-state index contributed by atoms with van der Waals surface area (Å²) in [5.74, 6) is -0.776. The first kappa shape index (κ1) is 16.0. The Morgan fingerprint density at radius 1 is 1.25 bits per heavy atom. The molecule has 0 aliphatic rings. The van der Waals surface area contributed by atoms with Crippen molar-refractivity contribution in [2.45, 2.75) is 33.7 Å². The number of hydrogen-bond donors (Lipinski definition) is 2. The maximum Gasteiger partial charge on any atom is 0.326 e. The SMILES string of the molecule is CCOc1ccc(C(=O)N[C@H](C(=O)O)C(C)(C)C)cc1. The molecule has 0 aliphatic carbocycles. The molecule has 0 unspecified atom stereocenters. The van der Waals surface area contributed by atoms with E-state index in [0.717, 1.165) is 0 Å². The van der Waals surface area contributed by atoms with E-state index in [-0.39, 0.29) is 0 Å². The third-order valence-corrected chi connectivity index (χ3v) is 2.82. The van der Waals surface area contributed by atoms with E-state index < -0.39 is 23.3 Å². The van der Waals surface area contributed by atoms with Gasteiger partial charge in [0, 0.05) is 5.56 Å². The number of aliphatic carboxylic acids is 1. The van der Waals surface area contributed by atoms with Gasteiger partial charge in [-0.25, -0.2) is 4.79 Å². The number of benzene rings is 1. The first-order valence-electron chi connectivity index (χ1n) is 6.52. The third-order valence-electron chi connectivity index (χ3n) is 2.82. The van der Waals surface area contributed by atoms with E-state index in [0.29, 0.717) is 17.9 Å². The Balaban J connectivity index is 2.81. The van der Waals surface area contributed by atoms with Crippen molar-refractivity contribution in [1.29, 1.82) is 0 Å². The average molecular weight is 279 g/mol. The molecule has 0 heterocycles. The van der Waals surface area contributed by atoms with Gasteiger partial charge in [0.2, 0.25) is 0 Å². The molecule has 0 aromatic heterocycles. The van der Waals surface area contributed by atoms with Crippen LogP contribution in [-0.2, 0) is 4.79 Å². The maximum absolute atomic E-state index is 12.1. The Bertz CT molecular complexity index is 474. The summed E-state index contributed by atoms with van der Waals surface area (Å²) in [5, 5.41) is 11.7. The van der Waals surface area contributed by atoms with E-state index in [1.54, 1.807) is 45.0 Å². The number of carboxylic acid groups (broad SMARTS) is 1. The van der Waals surface area contributed by atoms with Crippen LogP contribution >= 0.6 is 0 Å². The minimum Gasteiger partial charge on any atom is -0.494 e. The van der Waals surface area contributed by atoms with Crippen molar-refractivity contribution >= 4 is 11.9 Å². The van der Waals surface area contributed by atoms with Gasteiger partial charge in [0.15, 0.2) is 0 Å². The second-order valence-electron chi connectivity index (χ2n) is 5.57. The lowest BCUT2D eigenvalue weighted by Crippen LogP contribution is -2.49. The smallest absolute Gasteiger partial charge is 0.326 e. The number of hydrogen-bond acceptors (Lipinski definition) is 3. The van der Waals surface area contributed by atoms with Crippen LogP contribution in [0.4, 0.5) is 0 Å². The molecule has 1 amide bonds. The van der Waals surface area contributed by atoms with Crippen LogP contribution in [-0.4, -0.2) is 29.6 Å². The predicted molar refractivity (Wildman–Crippen MR) is 76.0 cm³/mol. The monoisotopic (exact) mass is 279 g/mol. The zero-order chi connectivity index (χ0) is 15.3. The molecule has 1 aromatic rings. The van der Waals surface area contributed by atoms with Gasteiger partial charge in [0.25, 0.3) is 5.91 Å². The first-order valence-corrected chi connectivity index (χ1v) is 6.52. The van der Waals surface area contributed by atoms with Crippen molar-refractivity contribution in [1.82, 2.24) is 5.32 Å². The first-order chi connectivity index (χ1) is 9.25. The van der Waals surface area contributed by atoms with Crippen molar-refractivity contribution in [3.8, 4) is 5.75 Å². The van der Waals surface area contributed by atoms with Crippen molar-refractivity contribution in [2.75, 3.05) is 6.61 Å². The van der Waals surface area contributed by atoms with Crippen LogP contribution in [0.3, 0.4) is 0 Å². The lowest BCUT2D eigenvalue weighted by molar-refractivity contribution is -0.142. The fraction of sp³-hybridized carbons (Fsp3) is 0.467. The summed E-state index contributed by atoms with van der Waals surface area (Å²) < 4.78 is 5.29. The quantitative estimate of drug-likeness (QED) is 0.867. The number of amides is 1. The summed E-state index contributed by atoms with van der Waals surface area (Å²) in [7, 11) is 0. The van der Waals surface area contributed by atoms with E-state index in [2.05, 4.69) is 5.32 Å². The molecule has 5 nitrogen and oxygen atoms in total. The third kappa shape index (κ3) is 4.26. The normalized spacial score (nSPS) is 12.6. The van der Waals surface area contributed by atoms with Crippen molar-refractivity contribution in [3.05, 3.63) is 29.8 Å². The summed E-state index contributed by atoms with van der Waals surface area (Å²) in [6.07, 6.45) is 0. The summed E-state index contributed by atoms with van der Waals surface area (Å²) >= 11 is 0. The van der Waals surface area contributed by atoms with Gasteiger partial charge >= 0.3 is 5.97 Å². The van der Waals surface area contributed by atoms with Gasteiger partial charge in [-0.05, 0) is 36.6 Å². The lowest BCUT2D eigenvalue weighted by Gasteiger charge is -2.27. The number of nitrogens with one attached hydrogen (secondary N) is 1. The van der Waals surface area contributed by atoms with Crippen LogP contribution in [0.2, 0.25) is 0 Å². The second kappa shape index (κ2) is 6.41. The predicted octanol–water partition coefficient (Wildman–Crippen LogP) is 2.31. The summed E-state index contributed by atoms with van der Waals surface area (Å²) in [4.78, 5) is 23.3. The van der Waals surface area contributed by atoms with E-state index in [1.807, 2.05) is 6.92 Å². The van der Waals surface area contributed by atoms with Gasteiger partial charge in [0.05, 0.1) is 6.61 Å². The zero-order valence-electron chi connectivity index (χ0n) is 12.3. The summed E-state index contributed by atoms with van der Waals surface area (Å²) in [6.45, 7) is 7.73. The molecule has 1 aromatic carbocycles. The molecular formula is C15H21NO4. The molecule has 110 valence electrons. The molecule has 0 saturated carbocycles. The average Bonchev–Trinajstić information content (AvgIpc) is 2.35. The van der Waals surface area contributed by atoms with Crippen molar-refractivity contribution in [3.63, 3.8) is 0 Å². The summed E-state index contributed by atoms with van der Waals surface area (Å²) in [5.41, 5.74) is -0.156. The van der Waals surface area contributed by atoms with Crippen molar-refractivity contribution < 1.29 is 19.4 Å². The Hall–Kier alpha value is -2.04. The van der Waals surface area contributed by atoms with Crippen LogP contribution in [0.25, 0.3) is 0 Å². The molecule has 0 fully saturated rings. The largest absolute Gasteiger partial charge is 0.494 e. The highest BCUT2D eigenvalue weighted by atomic mass is 16.5. The molecular weight excluding hydrogens is 258 g/mol. The van der Waals surface area contributed by atoms with Crippen LogP contribution in [0.15, 0.2) is 24.3 Å². The Morgan fingerprint density at radius 3 is 2.20 bits per heavy atom. The highest BCUT2D eigenvalue weighted by Gasteiger charge is 2.32. The fourth-order valence-electron chi connectivity index (χ4n) is 1.73. The van der Waals surface area contributed by atoms with Gasteiger partial charge in [-0.2, -0.15) is 0 Å². The molecule has 20 heavy (non-hydrogen) atoms. The van der Waals surface area contributed by atoms with Gasteiger partial charge in [-0.1, -0.05) is 20.8 Å². The number of rotatable bonds is 5. The molecule has 0 aliphatic heterocycles. The fourth-order valence-corrected chi connectivity index (χ4v) is 1.73. The van der Waals surface area contributed by atoms with Gasteiger partial charge in [-0.3, -0.25) is 4.79 Å². The van der Waals surface area contributed by atoms with Gasteiger partial charge in [0.1, 0.15) is 11.8 Å². The van der Waals surface area contributed by atoms with Crippen molar-refractivity contribution in [2.24, 2.45) is 5.41 Å². The Kier molecular flexibility index (Phi) is 5.13. The minimum absolute atomic E-state index is 0.406. The molecule has 0 spiro atoms. The molecule has 2 N–H and O–H groups in total. The molecule has 0 saturated heterocycles. The molecule has 1 rings (SSSR count). The lowest BCUT2D eigenvalue weighted by atomic mass is 9.86. The van der Waals surface area contributed by atoms with Gasteiger partial charge < -0.3 is 15.2 Å². The molecule has 0 radical (unpaired) electrons. The maximum atomic E-state index is 12.1. The highest BCUT2D eigenvalue weighted by molar-refractivity contribution is 5.96. The number of ether oxygens (including phenoxy) is 1. The van der Waals surface area contributed by atoms with E-state index in [1.165, 1.54) is 0 Å². The van der Waals surface area contributed by atoms with E-state index in [9.17, 15) is 14.7 Å². The minimum atomic E-state index is -1.04. The van der Waals surface area contributed by atoms with E-state index in [4.69, 9.17) is 4.74 Å². The molecule has 1 atom stereocenters. The van der Waals surface area contributed by atoms with Gasteiger partial charge in [-0.15, -0.1) is 0 Å². The zero-order valence-corrected chi connectivity index (χ0v) is 12.3. The summed E-state index contributed by atoms with van der Waals surface area (Å²) in [6, 6.07) is 5.65. The molecule has 0 bridgehead atoms. The number of carboxylic acids is 1. The van der Waals surface area contributed by atoms with Crippen LogP contribution in [0.5, 0.6) is 5.75 Å². The number of carbonyl (C=O) groups is 2.